The Morgan fingerprint density at radius 1 is 1.12 bits per heavy atom. The second-order valence-corrected chi connectivity index (χ2v) is 7.31. The summed E-state index contributed by atoms with van der Waals surface area (Å²) in [7, 11) is 0. The molecule has 1 unspecified atom stereocenters. The van der Waals surface area contributed by atoms with Crippen molar-refractivity contribution in [1.29, 1.82) is 0 Å². The van der Waals surface area contributed by atoms with E-state index in [0.29, 0.717) is 4.47 Å². The van der Waals surface area contributed by atoms with E-state index >= 15 is 0 Å². The Labute approximate surface area is 154 Å². The molecule has 0 spiro atoms. The molecule has 6 heteroatoms. The fraction of sp³-hybridized carbons (Fsp3) is 0.368. The topological polar surface area (TPSA) is 15.3 Å². The van der Waals surface area contributed by atoms with Crippen LogP contribution in [-0.4, -0.2) is 24.0 Å². The standard InChI is InChI=1S/C19H20BrF3N2/c20-15-8-9-17(19(21,22)23)18(11-15)24-16-7-4-10-25(13-16)12-14-5-2-1-3-6-14/h1-3,5-6,8-9,11,16,24H,4,7,10,12-13H2. The summed E-state index contributed by atoms with van der Waals surface area (Å²) in [5, 5.41) is 3.12. The van der Waals surface area contributed by atoms with Crippen LogP contribution in [-0.2, 0) is 12.7 Å². The lowest BCUT2D eigenvalue weighted by Crippen LogP contribution is -2.41. The Kier molecular flexibility index (Phi) is 5.69. The van der Waals surface area contributed by atoms with Gasteiger partial charge in [0.1, 0.15) is 0 Å². The predicted molar refractivity (Wildman–Crippen MR) is 97.5 cm³/mol. The fourth-order valence-electron chi connectivity index (χ4n) is 3.26. The fourth-order valence-corrected chi connectivity index (χ4v) is 3.62. The Balaban J connectivity index is 1.70. The van der Waals surface area contributed by atoms with Crippen molar-refractivity contribution in [1.82, 2.24) is 4.90 Å². The van der Waals surface area contributed by atoms with Gasteiger partial charge in [0.2, 0.25) is 0 Å². The lowest BCUT2D eigenvalue weighted by Gasteiger charge is -2.34. The minimum absolute atomic E-state index is 0.00728. The zero-order valence-corrected chi connectivity index (χ0v) is 15.3. The summed E-state index contributed by atoms with van der Waals surface area (Å²) in [5.41, 5.74) is 0.755. The number of halogens is 4. The van der Waals surface area contributed by atoms with Crippen molar-refractivity contribution in [3.8, 4) is 0 Å². The third-order valence-electron chi connectivity index (χ3n) is 4.40. The van der Waals surface area contributed by atoms with Crippen molar-refractivity contribution in [2.24, 2.45) is 0 Å². The number of nitrogens with zero attached hydrogens (tertiary/aromatic N) is 1. The molecule has 0 amide bonds. The molecule has 2 aromatic carbocycles. The van der Waals surface area contributed by atoms with Crippen LogP contribution in [0.3, 0.4) is 0 Å². The molecule has 1 fully saturated rings. The average Bonchev–Trinajstić information content (AvgIpc) is 2.55. The van der Waals surface area contributed by atoms with Gasteiger partial charge in [-0.05, 0) is 43.1 Å². The van der Waals surface area contributed by atoms with Gasteiger partial charge < -0.3 is 5.32 Å². The van der Waals surface area contributed by atoms with Crippen LogP contribution in [0, 0.1) is 0 Å². The van der Waals surface area contributed by atoms with Gasteiger partial charge in [-0.2, -0.15) is 13.2 Å². The van der Waals surface area contributed by atoms with E-state index in [2.05, 4.69) is 38.3 Å². The molecule has 0 aromatic heterocycles. The monoisotopic (exact) mass is 412 g/mol. The summed E-state index contributed by atoms with van der Waals surface area (Å²) >= 11 is 3.27. The van der Waals surface area contributed by atoms with Gasteiger partial charge in [-0.1, -0.05) is 46.3 Å². The second kappa shape index (κ2) is 7.79. The molecule has 3 rings (SSSR count). The highest BCUT2D eigenvalue weighted by molar-refractivity contribution is 9.10. The van der Waals surface area contributed by atoms with Crippen molar-refractivity contribution < 1.29 is 13.2 Å². The van der Waals surface area contributed by atoms with Crippen LogP contribution in [0.25, 0.3) is 0 Å². The van der Waals surface area contributed by atoms with Crippen molar-refractivity contribution in [2.75, 3.05) is 18.4 Å². The molecule has 0 bridgehead atoms. The van der Waals surface area contributed by atoms with Crippen LogP contribution < -0.4 is 5.32 Å². The van der Waals surface area contributed by atoms with E-state index in [1.54, 1.807) is 0 Å². The first-order valence-electron chi connectivity index (χ1n) is 8.31. The molecule has 1 N–H and O–H groups in total. The molecule has 1 saturated heterocycles. The first-order valence-corrected chi connectivity index (χ1v) is 9.11. The molecule has 25 heavy (non-hydrogen) atoms. The van der Waals surface area contributed by atoms with Crippen molar-refractivity contribution in [3.63, 3.8) is 0 Å². The average molecular weight is 413 g/mol. The Bertz CT molecular complexity index is 704. The largest absolute Gasteiger partial charge is 0.418 e. The van der Waals surface area contributed by atoms with Gasteiger partial charge in [0, 0.05) is 29.3 Å². The zero-order chi connectivity index (χ0) is 17.9. The number of hydrogen-bond acceptors (Lipinski definition) is 2. The van der Waals surface area contributed by atoms with E-state index in [-0.39, 0.29) is 11.7 Å². The summed E-state index contributed by atoms with van der Waals surface area (Å²) in [6.45, 7) is 2.53. The van der Waals surface area contributed by atoms with Gasteiger partial charge in [-0.3, -0.25) is 4.90 Å². The van der Waals surface area contributed by atoms with E-state index in [1.807, 2.05) is 18.2 Å². The normalized spacial score (nSPS) is 19.0. The van der Waals surface area contributed by atoms with Gasteiger partial charge >= 0.3 is 6.18 Å². The third kappa shape index (κ3) is 4.98. The third-order valence-corrected chi connectivity index (χ3v) is 4.89. The van der Waals surface area contributed by atoms with E-state index in [0.717, 1.165) is 38.5 Å². The Morgan fingerprint density at radius 2 is 1.88 bits per heavy atom. The van der Waals surface area contributed by atoms with E-state index in [1.165, 1.54) is 17.7 Å². The number of rotatable bonds is 4. The van der Waals surface area contributed by atoms with Gasteiger partial charge in [0.05, 0.1) is 5.56 Å². The number of benzene rings is 2. The lowest BCUT2D eigenvalue weighted by molar-refractivity contribution is -0.137. The minimum atomic E-state index is -4.36. The SMILES string of the molecule is FC(F)(F)c1ccc(Br)cc1NC1CCCN(Cc2ccccc2)C1. The summed E-state index contributed by atoms with van der Waals surface area (Å²) < 4.78 is 40.3. The molecule has 1 atom stereocenters. The van der Waals surface area contributed by atoms with Crippen LogP contribution in [0.2, 0.25) is 0 Å². The first-order chi connectivity index (χ1) is 11.9. The predicted octanol–water partition coefficient (Wildman–Crippen LogP) is 5.54. The number of alkyl halides is 3. The maximum absolute atomic E-state index is 13.2. The Morgan fingerprint density at radius 3 is 2.60 bits per heavy atom. The van der Waals surface area contributed by atoms with E-state index in [9.17, 15) is 13.2 Å². The highest BCUT2D eigenvalue weighted by atomic mass is 79.9. The zero-order valence-electron chi connectivity index (χ0n) is 13.7. The van der Waals surface area contributed by atoms with Gasteiger partial charge in [0.25, 0.3) is 0 Å². The molecule has 2 aromatic rings. The molecular weight excluding hydrogens is 393 g/mol. The highest BCUT2D eigenvalue weighted by Crippen LogP contribution is 2.37. The molecule has 0 radical (unpaired) electrons. The van der Waals surface area contributed by atoms with Gasteiger partial charge in [-0.25, -0.2) is 0 Å². The second-order valence-electron chi connectivity index (χ2n) is 6.39. The highest BCUT2D eigenvalue weighted by Gasteiger charge is 2.34. The van der Waals surface area contributed by atoms with Crippen molar-refractivity contribution in [2.45, 2.75) is 31.6 Å². The minimum Gasteiger partial charge on any atom is -0.380 e. The molecular formula is C19H20BrF3N2. The van der Waals surface area contributed by atoms with Crippen molar-refractivity contribution >= 4 is 21.6 Å². The molecule has 1 aliphatic rings. The number of nitrogens with one attached hydrogen (secondary N) is 1. The number of hydrogen-bond donors (Lipinski definition) is 1. The summed E-state index contributed by atoms with van der Waals surface area (Å²) in [6.07, 6.45) is -2.52. The quantitative estimate of drug-likeness (QED) is 0.708. The van der Waals surface area contributed by atoms with Gasteiger partial charge in [0.15, 0.2) is 0 Å². The van der Waals surface area contributed by atoms with Crippen molar-refractivity contribution in [3.05, 3.63) is 64.1 Å². The molecule has 134 valence electrons. The maximum Gasteiger partial charge on any atom is 0.418 e. The molecule has 0 saturated carbocycles. The molecule has 2 nitrogen and oxygen atoms in total. The lowest BCUT2D eigenvalue weighted by atomic mass is 10.0. The Hall–Kier alpha value is -1.53. The maximum atomic E-state index is 13.2. The summed E-state index contributed by atoms with van der Waals surface area (Å²) in [5.74, 6) is 0. The van der Waals surface area contributed by atoms with E-state index in [4.69, 9.17) is 0 Å². The number of piperidine rings is 1. The van der Waals surface area contributed by atoms with Crippen LogP contribution in [0.1, 0.15) is 24.0 Å². The summed E-state index contributed by atoms with van der Waals surface area (Å²) in [4.78, 5) is 2.29. The smallest absolute Gasteiger partial charge is 0.380 e. The van der Waals surface area contributed by atoms with Crippen LogP contribution in [0.4, 0.5) is 18.9 Å². The number of anilines is 1. The van der Waals surface area contributed by atoms with Crippen LogP contribution >= 0.6 is 15.9 Å². The molecule has 1 heterocycles. The van der Waals surface area contributed by atoms with Crippen LogP contribution in [0.15, 0.2) is 53.0 Å². The van der Waals surface area contributed by atoms with Crippen LogP contribution in [0.5, 0.6) is 0 Å². The summed E-state index contributed by atoms with van der Waals surface area (Å²) in [6, 6.07) is 14.2. The molecule has 0 aliphatic carbocycles. The van der Waals surface area contributed by atoms with E-state index < -0.39 is 11.7 Å². The molecule has 1 aliphatic heterocycles. The first kappa shape index (κ1) is 18.3. The number of likely N-dealkylation sites (tertiary alicyclic amines) is 1. The van der Waals surface area contributed by atoms with Gasteiger partial charge in [-0.15, -0.1) is 0 Å².